The van der Waals surface area contributed by atoms with Crippen LogP contribution in [-0.4, -0.2) is 16.1 Å². The molecule has 2 aromatic rings. The van der Waals surface area contributed by atoms with Gasteiger partial charge in [-0.25, -0.2) is 13.8 Å². The Bertz CT molecular complexity index is 564. The molecule has 2 rings (SSSR count). The molecule has 0 saturated carbocycles. The number of imidazole rings is 1. The first-order valence-corrected chi connectivity index (χ1v) is 6.23. The molecule has 3 nitrogen and oxygen atoms in total. The first-order chi connectivity index (χ1) is 9.06. The van der Waals surface area contributed by atoms with Gasteiger partial charge in [-0.2, -0.15) is 0 Å². The minimum atomic E-state index is -0.874. The van der Waals surface area contributed by atoms with Gasteiger partial charge in [0.1, 0.15) is 0 Å². The molecule has 1 aromatic heterocycles. The summed E-state index contributed by atoms with van der Waals surface area (Å²) in [6, 6.07) is 4.10. The van der Waals surface area contributed by atoms with Gasteiger partial charge in [-0.05, 0) is 18.1 Å². The van der Waals surface area contributed by atoms with Crippen LogP contribution >= 0.6 is 0 Å². The molecule has 0 aliphatic carbocycles. The van der Waals surface area contributed by atoms with E-state index < -0.39 is 11.6 Å². The van der Waals surface area contributed by atoms with Gasteiger partial charge in [0.15, 0.2) is 11.6 Å². The molecule has 2 N–H and O–H groups in total. The highest BCUT2D eigenvalue weighted by Crippen LogP contribution is 2.26. The van der Waals surface area contributed by atoms with Crippen molar-refractivity contribution in [2.75, 3.05) is 6.54 Å². The van der Waals surface area contributed by atoms with E-state index in [-0.39, 0.29) is 17.5 Å². The van der Waals surface area contributed by atoms with Crippen molar-refractivity contribution in [1.29, 1.82) is 0 Å². The maximum absolute atomic E-state index is 13.9. The molecule has 0 fully saturated rings. The third-order valence-corrected chi connectivity index (χ3v) is 3.30. The second-order valence-electron chi connectivity index (χ2n) is 4.85. The van der Waals surface area contributed by atoms with Crippen LogP contribution in [0.2, 0.25) is 0 Å². The highest BCUT2D eigenvalue weighted by Gasteiger charge is 2.20. The first-order valence-electron chi connectivity index (χ1n) is 6.23. The maximum atomic E-state index is 13.9. The Balaban J connectivity index is 2.53. The summed E-state index contributed by atoms with van der Waals surface area (Å²) < 4.78 is 28.7. The van der Waals surface area contributed by atoms with E-state index in [9.17, 15) is 8.78 Å². The van der Waals surface area contributed by atoms with E-state index in [2.05, 4.69) is 4.98 Å². The predicted octanol–water partition coefficient (Wildman–Crippen LogP) is 2.85. The Morgan fingerprint density at radius 3 is 2.68 bits per heavy atom. The third kappa shape index (κ3) is 2.51. The summed E-state index contributed by atoms with van der Waals surface area (Å²) in [4.78, 5) is 4.04. The minimum absolute atomic E-state index is 0.0465. The van der Waals surface area contributed by atoms with Gasteiger partial charge in [-0.15, -0.1) is 0 Å². The van der Waals surface area contributed by atoms with E-state index in [0.717, 1.165) is 11.8 Å². The first kappa shape index (κ1) is 13.7. The monoisotopic (exact) mass is 265 g/mol. The summed E-state index contributed by atoms with van der Waals surface area (Å²) in [5.41, 5.74) is 6.72. The smallest absolute Gasteiger partial charge is 0.182 e. The Morgan fingerprint density at radius 2 is 2.05 bits per heavy atom. The molecule has 5 heteroatoms. The van der Waals surface area contributed by atoms with E-state index in [1.165, 1.54) is 18.5 Å². The Morgan fingerprint density at radius 1 is 1.32 bits per heavy atom. The topological polar surface area (TPSA) is 43.8 Å². The lowest BCUT2D eigenvalue weighted by atomic mass is 9.93. The molecule has 0 aliphatic heterocycles. The lowest BCUT2D eigenvalue weighted by Crippen LogP contribution is -2.20. The molecule has 0 spiro atoms. The van der Waals surface area contributed by atoms with Gasteiger partial charge < -0.3 is 5.73 Å². The fourth-order valence-electron chi connectivity index (χ4n) is 2.19. The van der Waals surface area contributed by atoms with Crippen molar-refractivity contribution in [3.8, 4) is 5.69 Å². The van der Waals surface area contributed by atoms with Crippen LogP contribution in [0.1, 0.15) is 25.5 Å². The van der Waals surface area contributed by atoms with Gasteiger partial charge in [0.2, 0.25) is 0 Å². The average molecular weight is 265 g/mol. The fourth-order valence-corrected chi connectivity index (χ4v) is 2.19. The van der Waals surface area contributed by atoms with Gasteiger partial charge in [-0.3, -0.25) is 4.57 Å². The summed E-state index contributed by atoms with van der Waals surface area (Å²) in [5.74, 6) is -1.41. The number of halogens is 2. The van der Waals surface area contributed by atoms with Gasteiger partial charge in [0, 0.05) is 24.4 Å². The molecule has 1 heterocycles. The lowest BCUT2D eigenvalue weighted by molar-refractivity contribution is 0.480. The third-order valence-electron chi connectivity index (χ3n) is 3.30. The van der Waals surface area contributed by atoms with E-state index in [4.69, 9.17) is 5.73 Å². The molecule has 0 bridgehead atoms. The van der Waals surface area contributed by atoms with Crippen LogP contribution < -0.4 is 5.73 Å². The van der Waals surface area contributed by atoms with Crippen molar-refractivity contribution < 1.29 is 8.78 Å². The highest BCUT2D eigenvalue weighted by molar-refractivity contribution is 5.36. The second-order valence-corrected chi connectivity index (χ2v) is 4.85. The number of hydrogen-bond acceptors (Lipinski definition) is 2. The molecule has 0 amide bonds. The SMILES string of the molecule is CC(C)C(CN)c1cncn1-c1cccc(F)c1F. The summed E-state index contributed by atoms with van der Waals surface area (Å²) in [5, 5.41) is 0. The van der Waals surface area contributed by atoms with Crippen molar-refractivity contribution in [1.82, 2.24) is 9.55 Å². The van der Waals surface area contributed by atoms with Crippen LogP contribution in [0.3, 0.4) is 0 Å². The molecular weight excluding hydrogens is 248 g/mol. The van der Waals surface area contributed by atoms with Gasteiger partial charge >= 0.3 is 0 Å². The molecule has 0 saturated heterocycles. The lowest BCUT2D eigenvalue weighted by Gasteiger charge is -2.20. The Kier molecular flexibility index (Phi) is 3.95. The van der Waals surface area contributed by atoms with Crippen molar-refractivity contribution in [2.45, 2.75) is 19.8 Å². The molecular formula is C14H17F2N3. The van der Waals surface area contributed by atoms with Gasteiger partial charge in [0.05, 0.1) is 12.0 Å². The van der Waals surface area contributed by atoms with E-state index in [1.807, 2.05) is 13.8 Å². The van der Waals surface area contributed by atoms with Crippen molar-refractivity contribution in [2.24, 2.45) is 11.7 Å². The molecule has 0 radical (unpaired) electrons. The van der Waals surface area contributed by atoms with Crippen LogP contribution in [0, 0.1) is 17.6 Å². The zero-order valence-electron chi connectivity index (χ0n) is 11.0. The van der Waals surface area contributed by atoms with Crippen LogP contribution in [0.25, 0.3) is 5.69 Å². The summed E-state index contributed by atoms with van der Waals surface area (Å²) >= 11 is 0. The van der Waals surface area contributed by atoms with E-state index in [1.54, 1.807) is 10.8 Å². The van der Waals surface area contributed by atoms with Crippen molar-refractivity contribution in [3.05, 3.63) is 48.1 Å². The van der Waals surface area contributed by atoms with Crippen molar-refractivity contribution in [3.63, 3.8) is 0 Å². The molecule has 1 unspecified atom stereocenters. The largest absolute Gasteiger partial charge is 0.330 e. The molecule has 19 heavy (non-hydrogen) atoms. The minimum Gasteiger partial charge on any atom is -0.330 e. The van der Waals surface area contributed by atoms with Gasteiger partial charge in [0.25, 0.3) is 0 Å². The number of nitrogens with zero attached hydrogens (tertiary/aromatic N) is 2. The number of hydrogen-bond donors (Lipinski definition) is 1. The molecule has 0 aliphatic rings. The summed E-state index contributed by atoms with van der Waals surface area (Å²) in [6.07, 6.45) is 3.14. The highest BCUT2D eigenvalue weighted by atomic mass is 19.2. The second kappa shape index (κ2) is 5.48. The Hall–Kier alpha value is -1.75. The maximum Gasteiger partial charge on any atom is 0.182 e. The van der Waals surface area contributed by atoms with Crippen LogP contribution in [0.15, 0.2) is 30.7 Å². The van der Waals surface area contributed by atoms with Crippen molar-refractivity contribution >= 4 is 0 Å². The predicted molar refractivity (Wildman–Crippen MR) is 70.1 cm³/mol. The van der Waals surface area contributed by atoms with E-state index in [0.29, 0.717) is 6.54 Å². The van der Waals surface area contributed by atoms with Gasteiger partial charge in [-0.1, -0.05) is 19.9 Å². The summed E-state index contributed by atoms with van der Waals surface area (Å²) in [6.45, 7) is 4.51. The number of nitrogens with two attached hydrogens (primary N) is 1. The normalized spacial score (nSPS) is 12.9. The zero-order chi connectivity index (χ0) is 14.0. The number of aromatic nitrogens is 2. The molecule has 1 aromatic carbocycles. The summed E-state index contributed by atoms with van der Waals surface area (Å²) in [7, 11) is 0. The van der Waals surface area contributed by atoms with Crippen LogP contribution in [0.4, 0.5) is 8.78 Å². The van der Waals surface area contributed by atoms with E-state index >= 15 is 0 Å². The number of benzene rings is 1. The fraction of sp³-hybridized carbons (Fsp3) is 0.357. The Labute approximate surface area is 111 Å². The quantitative estimate of drug-likeness (QED) is 0.923. The average Bonchev–Trinajstić information content (AvgIpc) is 2.82. The number of rotatable bonds is 4. The van der Waals surface area contributed by atoms with Crippen LogP contribution in [0.5, 0.6) is 0 Å². The molecule has 1 atom stereocenters. The molecule has 102 valence electrons. The zero-order valence-corrected chi connectivity index (χ0v) is 11.0. The van der Waals surface area contributed by atoms with Crippen LogP contribution in [-0.2, 0) is 0 Å². The standard InChI is InChI=1S/C14H17F2N3/c1-9(2)10(6-17)13-7-18-8-19(13)12-5-3-4-11(15)14(12)16/h3-5,7-10H,6,17H2,1-2H3.